The van der Waals surface area contributed by atoms with E-state index in [4.69, 9.17) is 5.26 Å². The second kappa shape index (κ2) is 7.58. The van der Waals surface area contributed by atoms with Crippen molar-refractivity contribution in [2.45, 2.75) is 19.6 Å². The summed E-state index contributed by atoms with van der Waals surface area (Å²) in [4.78, 5) is 2.18. The molecule has 0 aromatic heterocycles. The van der Waals surface area contributed by atoms with E-state index < -0.39 is 0 Å². The number of benzene rings is 2. The lowest BCUT2D eigenvalue weighted by atomic mass is 10.1. The third-order valence-corrected chi connectivity index (χ3v) is 3.31. The van der Waals surface area contributed by atoms with Crippen molar-refractivity contribution in [3.63, 3.8) is 0 Å². The van der Waals surface area contributed by atoms with Gasteiger partial charge in [0.2, 0.25) is 0 Å². The Morgan fingerprint density at radius 3 is 2.48 bits per heavy atom. The summed E-state index contributed by atoms with van der Waals surface area (Å²) in [5, 5.41) is 12.4. The predicted molar refractivity (Wildman–Crippen MR) is 85.5 cm³/mol. The summed E-state index contributed by atoms with van der Waals surface area (Å²) in [5.74, 6) is 0. The summed E-state index contributed by atoms with van der Waals surface area (Å²) >= 11 is 0. The molecular weight excluding hydrogens is 258 g/mol. The van der Waals surface area contributed by atoms with Crippen molar-refractivity contribution in [2.24, 2.45) is 0 Å². The molecule has 2 aromatic rings. The van der Waals surface area contributed by atoms with Gasteiger partial charge in [0.15, 0.2) is 0 Å². The van der Waals surface area contributed by atoms with Crippen LogP contribution in [0.1, 0.15) is 22.3 Å². The Morgan fingerprint density at radius 1 is 1.00 bits per heavy atom. The third kappa shape index (κ3) is 4.71. The molecule has 0 unspecified atom stereocenters. The number of rotatable bonds is 6. The minimum Gasteiger partial charge on any atom is -0.309 e. The molecule has 0 aliphatic rings. The van der Waals surface area contributed by atoms with Crippen LogP contribution in [0, 0.1) is 11.3 Å². The fraction of sp³-hybridized carbons (Fsp3) is 0.278. The SMILES string of the molecule is CN(C)Cc1ccccc1CNCc1cccc(C#N)c1. The molecular formula is C18H21N3. The minimum absolute atomic E-state index is 0.710. The Kier molecular flexibility index (Phi) is 5.51. The molecule has 0 spiro atoms. The predicted octanol–water partition coefficient (Wildman–Crippen LogP) is 2.91. The van der Waals surface area contributed by atoms with Gasteiger partial charge in [0.25, 0.3) is 0 Å². The zero-order chi connectivity index (χ0) is 15.1. The number of nitrogens with one attached hydrogen (secondary N) is 1. The smallest absolute Gasteiger partial charge is 0.0991 e. The van der Waals surface area contributed by atoms with E-state index in [1.54, 1.807) is 0 Å². The van der Waals surface area contributed by atoms with Crippen LogP contribution in [0.5, 0.6) is 0 Å². The molecule has 21 heavy (non-hydrogen) atoms. The van der Waals surface area contributed by atoms with Crippen LogP contribution in [-0.2, 0) is 19.6 Å². The first-order chi connectivity index (χ1) is 10.2. The highest BCUT2D eigenvalue weighted by Gasteiger charge is 2.03. The summed E-state index contributed by atoms with van der Waals surface area (Å²) < 4.78 is 0. The van der Waals surface area contributed by atoms with Crippen LogP contribution in [0.25, 0.3) is 0 Å². The summed E-state index contributed by atoms with van der Waals surface area (Å²) in [7, 11) is 4.16. The number of nitrogens with zero attached hydrogens (tertiary/aromatic N) is 2. The van der Waals surface area contributed by atoms with Gasteiger partial charge in [-0.1, -0.05) is 36.4 Å². The van der Waals surface area contributed by atoms with E-state index in [0.717, 1.165) is 25.2 Å². The normalized spacial score (nSPS) is 10.6. The topological polar surface area (TPSA) is 39.1 Å². The van der Waals surface area contributed by atoms with Crippen LogP contribution >= 0.6 is 0 Å². The van der Waals surface area contributed by atoms with Crippen molar-refractivity contribution in [1.29, 1.82) is 5.26 Å². The van der Waals surface area contributed by atoms with E-state index in [9.17, 15) is 0 Å². The van der Waals surface area contributed by atoms with Crippen LogP contribution in [-0.4, -0.2) is 19.0 Å². The van der Waals surface area contributed by atoms with E-state index in [0.29, 0.717) is 5.56 Å². The summed E-state index contributed by atoms with van der Waals surface area (Å²) in [5.41, 5.74) is 4.52. The maximum atomic E-state index is 8.91. The number of hydrogen-bond donors (Lipinski definition) is 1. The van der Waals surface area contributed by atoms with Gasteiger partial charge in [-0.25, -0.2) is 0 Å². The van der Waals surface area contributed by atoms with Gasteiger partial charge in [-0.05, 0) is 42.9 Å². The van der Waals surface area contributed by atoms with Gasteiger partial charge < -0.3 is 10.2 Å². The number of hydrogen-bond acceptors (Lipinski definition) is 3. The van der Waals surface area contributed by atoms with E-state index in [1.807, 2.05) is 24.3 Å². The molecule has 0 atom stereocenters. The molecule has 3 nitrogen and oxygen atoms in total. The first-order valence-corrected chi connectivity index (χ1v) is 7.10. The number of nitriles is 1. The average Bonchev–Trinajstić information content (AvgIpc) is 2.49. The lowest BCUT2D eigenvalue weighted by Gasteiger charge is -2.14. The van der Waals surface area contributed by atoms with Crippen LogP contribution in [0.2, 0.25) is 0 Å². The maximum absolute atomic E-state index is 8.91. The van der Waals surface area contributed by atoms with Gasteiger partial charge in [0.05, 0.1) is 11.6 Å². The lowest BCUT2D eigenvalue weighted by Crippen LogP contribution is -2.17. The van der Waals surface area contributed by atoms with Gasteiger partial charge in [-0.2, -0.15) is 5.26 Å². The highest BCUT2D eigenvalue weighted by atomic mass is 15.0. The molecule has 0 aliphatic heterocycles. The Morgan fingerprint density at radius 2 is 1.76 bits per heavy atom. The Bertz CT molecular complexity index is 626. The monoisotopic (exact) mass is 279 g/mol. The molecule has 0 radical (unpaired) electrons. The van der Waals surface area contributed by atoms with Crippen molar-refractivity contribution < 1.29 is 0 Å². The van der Waals surface area contributed by atoms with Crippen LogP contribution in [0.3, 0.4) is 0 Å². The van der Waals surface area contributed by atoms with E-state index in [-0.39, 0.29) is 0 Å². The maximum Gasteiger partial charge on any atom is 0.0991 e. The summed E-state index contributed by atoms with van der Waals surface area (Å²) in [6.45, 7) is 2.55. The molecule has 0 saturated heterocycles. The van der Waals surface area contributed by atoms with Gasteiger partial charge in [-0.3, -0.25) is 0 Å². The molecule has 0 saturated carbocycles. The average molecular weight is 279 g/mol. The molecule has 0 fully saturated rings. The highest BCUT2D eigenvalue weighted by molar-refractivity contribution is 5.33. The van der Waals surface area contributed by atoms with Crippen molar-refractivity contribution >= 4 is 0 Å². The van der Waals surface area contributed by atoms with Crippen molar-refractivity contribution in [3.05, 3.63) is 70.8 Å². The molecule has 2 rings (SSSR count). The first-order valence-electron chi connectivity index (χ1n) is 7.10. The van der Waals surface area contributed by atoms with Crippen molar-refractivity contribution in [1.82, 2.24) is 10.2 Å². The molecule has 0 aliphatic carbocycles. The van der Waals surface area contributed by atoms with Gasteiger partial charge >= 0.3 is 0 Å². The standard InChI is InChI=1S/C18H21N3/c1-21(2)14-18-9-4-3-8-17(18)13-20-12-16-7-5-6-15(10-16)11-19/h3-10,20H,12-14H2,1-2H3. The molecule has 0 bridgehead atoms. The lowest BCUT2D eigenvalue weighted by molar-refractivity contribution is 0.400. The van der Waals surface area contributed by atoms with E-state index in [1.165, 1.54) is 11.1 Å². The highest BCUT2D eigenvalue weighted by Crippen LogP contribution is 2.11. The van der Waals surface area contributed by atoms with Crippen molar-refractivity contribution in [3.8, 4) is 6.07 Å². The van der Waals surface area contributed by atoms with E-state index >= 15 is 0 Å². The third-order valence-electron chi connectivity index (χ3n) is 3.31. The molecule has 3 heteroatoms. The van der Waals surface area contributed by atoms with Gasteiger partial charge in [-0.15, -0.1) is 0 Å². The fourth-order valence-corrected chi connectivity index (χ4v) is 2.32. The zero-order valence-corrected chi connectivity index (χ0v) is 12.6. The quantitative estimate of drug-likeness (QED) is 0.883. The summed E-state index contributed by atoms with van der Waals surface area (Å²) in [6, 6.07) is 18.4. The first kappa shape index (κ1) is 15.2. The van der Waals surface area contributed by atoms with Crippen LogP contribution in [0.15, 0.2) is 48.5 Å². The molecule has 1 N–H and O–H groups in total. The summed E-state index contributed by atoms with van der Waals surface area (Å²) in [6.07, 6.45) is 0. The molecule has 108 valence electrons. The second-order valence-electron chi connectivity index (χ2n) is 5.42. The van der Waals surface area contributed by atoms with Gasteiger partial charge in [0, 0.05) is 19.6 Å². The Hall–Kier alpha value is -2.15. The molecule has 0 amide bonds. The van der Waals surface area contributed by atoms with Crippen molar-refractivity contribution in [2.75, 3.05) is 14.1 Å². The van der Waals surface area contributed by atoms with Crippen LogP contribution < -0.4 is 5.32 Å². The molecule has 2 aromatic carbocycles. The largest absolute Gasteiger partial charge is 0.309 e. The van der Waals surface area contributed by atoms with Gasteiger partial charge in [0.1, 0.15) is 0 Å². The second-order valence-corrected chi connectivity index (χ2v) is 5.42. The fourth-order valence-electron chi connectivity index (χ4n) is 2.32. The molecule has 0 heterocycles. The Balaban J connectivity index is 1.96. The van der Waals surface area contributed by atoms with E-state index in [2.05, 4.69) is 54.6 Å². The van der Waals surface area contributed by atoms with Crippen LogP contribution in [0.4, 0.5) is 0 Å². The Labute approximate surface area is 126 Å². The zero-order valence-electron chi connectivity index (χ0n) is 12.6. The minimum atomic E-state index is 0.710.